The second kappa shape index (κ2) is 11.5. The minimum atomic E-state index is -3.45. The zero-order chi connectivity index (χ0) is 21.4. The Balaban J connectivity index is 0.00000450. The van der Waals surface area contributed by atoms with Crippen LogP contribution in [0.1, 0.15) is 12.0 Å². The van der Waals surface area contributed by atoms with E-state index in [9.17, 15) is 13.2 Å². The Morgan fingerprint density at radius 1 is 1.03 bits per heavy atom. The zero-order valence-electron chi connectivity index (χ0n) is 16.8. The first-order chi connectivity index (χ1) is 13.7. The summed E-state index contributed by atoms with van der Waals surface area (Å²) >= 11 is 0. The van der Waals surface area contributed by atoms with Crippen LogP contribution in [0.2, 0.25) is 0 Å². The Morgan fingerprint density at radius 3 is 2.03 bits per heavy atom. The van der Waals surface area contributed by atoms with Gasteiger partial charge in [0, 0.05) is 18.7 Å². The number of rotatable bonds is 10. The first-order valence-electron chi connectivity index (χ1n) is 8.90. The van der Waals surface area contributed by atoms with Crippen LogP contribution in [0.25, 0.3) is 11.1 Å². The van der Waals surface area contributed by atoms with Gasteiger partial charge >= 0.3 is 5.97 Å². The number of hydrogen-bond acceptors (Lipinski definition) is 6. The lowest BCUT2D eigenvalue weighted by atomic mass is 10.0. The molecule has 10 heteroatoms. The van der Waals surface area contributed by atoms with Gasteiger partial charge in [-0.25, -0.2) is 8.42 Å². The summed E-state index contributed by atoms with van der Waals surface area (Å²) in [5.41, 5.74) is 8.08. The average Bonchev–Trinajstić information content (AvgIpc) is 2.69. The maximum Gasteiger partial charge on any atom is 0.306 e. The number of sulfonamides is 1. The standard InChI is InChI=1S/C20H25N3O5S.ClH/c1-27-19(24)11-12-23(29(2,25)26)13-14-28-18-9-7-16(8-10-18)15-3-5-17(6-4-15)20(21)22;/h3-10H,11-14H2,1-2H3,(H3,21,22);1H. The van der Waals surface area contributed by atoms with E-state index in [1.54, 1.807) is 24.3 Å². The molecule has 0 fully saturated rings. The molecule has 2 aromatic carbocycles. The van der Waals surface area contributed by atoms with E-state index in [0.29, 0.717) is 11.3 Å². The lowest BCUT2D eigenvalue weighted by Gasteiger charge is -2.19. The minimum Gasteiger partial charge on any atom is -0.492 e. The van der Waals surface area contributed by atoms with Crippen molar-refractivity contribution in [1.29, 1.82) is 5.41 Å². The lowest BCUT2D eigenvalue weighted by molar-refractivity contribution is -0.140. The van der Waals surface area contributed by atoms with Gasteiger partial charge in [-0.05, 0) is 23.3 Å². The molecule has 0 aliphatic heterocycles. The molecular weight excluding hydrogens is 430 g/mol. The highest BCUT2D eigenvalue weighted by Crippen LogP contribution is 2.23. The van der Waals surface area contributed by atoms with E-state index in [2.05, 4.69) is 4.74 Å². The summed E-state index contributed by atoms with van der Waals surface area (Å²) in [6.45, 7) is 0.328. The molecule has 0 bridgehead atoms. The normalized spacial score (nSPS) is 10.9. The van der Waals surface area contributed by atoms with Crippen molar-refractivity contribution in [3.8, 4) is 16.9 Å². The quantitative estimate of drug-likeness (QED) is 0.322. The van der Waals surface area contributed by atoms with E-state index in [1.165, 1.54) is 11.4 Å². The van der Waals surface area contributed by atoms with Crippen molar-refractivity contribution in [2.24, 2.45) is 5.73 Å². The SMILES string of the molecule is COC(=O)CCN(CCOc1ccc(-c2ccc(C(=N)N)cc2)cc1)S(C)(=O)=O.Cl. The molecule has 0 radical (unpaired) electrons. The first kappa shape index (κ1) is 25.4. The van der Waals surface area contributed by atoms with Gasteiger partial charge in [-0.15, -0.1) is 12.4 Å². The largest absolute Gasteiger partial charge is 0.492 e. The van der Waals surface area contributed by atoms with Gasteiger partial charge < -0.3 is 15.2 Å². The molecule has 0 unspecified atom stereocenters. The second-order valence-corrected chi connectivity index (χ2v) is 8.33. The van der Waals surface area contributed by atoms with Crippen molar-refractivity contribution >= 4 is 34.2 Å². The van der Waals surface area contributed by atoms with Crippen LogP contribution in [-0.4, -0.2) is 57.6 Å². The van der Waals surface area contributed by atoms with Gasteiger partial charge in [0.1, 0.15) is 18.2 Å². The van der Waals surface area contributed by atoms with E-state index < -0.39 is 16.0 Å². The molecule has 0 heterocycles. The van der Waals surface area contributed by atoms with E-state index in [1.807, 2.05) is 24.3 Å². The third kappa shape index (κ3) is 7.66. The van der Waals surface area contributed by atoms with E-state index in [4.69, 9.17) is 15.9 Å². The Morgan fingerprint density at radius 2 is 1.57 bits per heavy atom. The highest BCUT2D eigenvalue weighted by Gasteiger charge is 2.18. The number of methoxy groups -OCH3 is 1. The van der Waals surface area contributed by atoms with Crippen molar-refractivity contribution in [2.45, 2.75) is 6.42 Å². The molecule has 0 aromatic heterocycles. The fourth-order valence-corrected chi connectivity index (χ4v) is 3.44. The van der Waals surface area contributed by atoms with Gasteiger partial charge in [0.05, 0.1) is 19.8 Å². The van der Waals surface area contributed by atoms with Crippen molar-refractivity contribution in [3.05, 3.63) is 54.1 Å². The molecule has 0 saturated heterocycles. The summed E-state index contributed by atoms with van der Waals surface area (Å²) in [6.07, 6.45) is 1.08. The predicted molar refractivity (Wildman–Crippen MR) is 119 cm³/mol. The minimum absolute atomic E-state index is 0. The van der Waals surface area contributed by atoms with Crippen LogP contribution >= 0.6 is 12.4 Å². The molecule has 0 amide bonds. The number of esters is 1. The van der Waals surface area contributed by atoms with Gasteiger partial charge in [0.25, 0.3) is 0 Å². The molecule has 0 atom stereocenters. The summed E-state index contributed by atoms with van der Waals surface area (Å²) in [5, 5.41) is 7.43. The summed E-state index contributed by atoms with van der Waals surface area (Å²) in [5.74, 6) is 0.164. The van der Waals surface area contributed by atoms with Gasteiger partial charge in [-0.1, -0.05) is 36.4 Å². The molecule has 30 heavy (non-hydrogen) atoms. The number of carbonyl (C=O) groups is 1. The van der Waals surface area contributed by atoms with Crippen LogP contribution in [0.15, 0.2) is 48.5 Å². The molecule has 164 valence electrons. The van der Waals surface area contributed by atoms with Crippen molar-refractivity contribution in [3.63, 3.8) is 0 Å². The van der Waals surface area contributed by atoms with Crippen LogP contribution in [0.3, 0.4) is 0 Å². The molecule has 0 aliphatic carbocycles. The smallest absolute Gasteiger partial charge is 0.306 e. The fourth-order valence-electron chi connectivity index (χ4n) is 2.61. The van der Waals surface area contributed by atoms with Crippen molar-refractivity contribution < 1.29 is 22.7 Å². The third-order valence-corrected chi connectivity index (χ3v) is 5.56. The lowest BCUT2D eigenvalue weighted by Crippen LogP contribution is -2.35. The predicted octanol–water partition coefficient (Wildman–Crippen LogP) is 2.26. The second-order valence-electron chi connectivity index (χ2n) is 6.35. The number of nitrogens with two attached hydrogens (primary N) is 1. The Bertz CT molecular complexity index is 947. The van der Waals surface area contributed by atoms with E-state index in [-0.39, 0.29) is 44.4 Å². The molecule has 2 aromatic rings. The number of hydrogen-bond donors (Lipinski definition) is 2. The van der Waals surface area contributed by atoms with Gasteiger partial charge in [0.2, 0.25) is 10.0 Å². The summed E-state index contributed by atoms with van der Waals surface area (Å²) in [6, 6.07) is 14.7. The maximum absolute atomic E-state index is 11.8. The van der Waals surface area contributed by atoms with E-state index in [0.717, 1.165) is 17.4 Å². The number of nitrogens with one attached hydrogen (secondary N) is 1. The van der Waals surface area contributed by atoms with Crippen molar-refractivity contribution in [1.82, 2.24) is 4.31 Å². The Kier molecular flexibility index (Phi) is 9.77. The number of nitrogen functional groups attached to an aromatic ring is 1. The maximum atomic E-state index is 11.8. The zero-order valence-corrected chi connectivity index (χ0v) is 18.5. The molecule has 0 aliphatic rings. The number of amidine groups is 1. The van der Waals surface area contributed by atoms with Gasteiger partial charge in [-0.3, -0.25) is 10.2 Å². The van der Waals surface area contributed by atoms with Crippen LogP contribution in [0.4, 0.5) is 0 Å². The monoisotopic (exact) mass is 455 g/mol. The first-order valence-corrected chi connectivity index (χ1v) is 10.7. The molecule has 8 nitrogen and oxygen atoms in total. The van der Waals surface area contributed by atoms with Gasteiger partial charge in [-0.2, -0.15) is 4.31 Å². The number of nitrogens with zero attached hydrogens (tertiary/aromatic N) is 1. The number of benzene rings is 2. The van der Waals surface area contributed by atoms with E-state index >= 15 is 0 Å². The highest BCUT2D eigenvalue weighted by molar-refractivity contribution is 7.88. The Labute approximate surface area is 182 Å². The number of ether oxygens (including phenoxy) is 2. The summed E-state index contributed by atoms with van der Waals surface area (Å²) in [7, 11) is -2.19. The van der Waals surface area contributed by atoms with Crippen LogP contribution in [-0.2, 0) is 19.6 Å². The number of carbonyl (C=O) groups excluding carboxylic acids is 1. The molecule has 0 saturated carbocycles. The average molecular weight is 456 g/mol. The van der Waals surface area contributed by atoms with Crippen molar-refractivity contribution in [2.75, 3.05) is 33.1 Å². The summed E-state index contributed by atoms with van der Waals surface area (Å²) < 4.78 is 35.1. The molecule has 3 N–H and O–H groups in total. The van der Waals surface area contributed by atoms with Crippen LogP contribution in [0, 0.1) is 5.41 Å². The summed E-state index contributed by atoms with van der Waals surface area (Å²) in [4.78, 5) is 11.2. The van der Waals surface area contributed by atoms with Crippen LogP contribution in [0.5, 0.6) is 5.75 Å². The fraction of sp³-hybridized carbons (Fsp3) is 0.300. The van der Waals surface area contributed by atoms with Gasteiger partial charge in [0.15, 0.2) is 0 Å². The van der Waals surface area contributed by atoms with Crippen LogP contribution < -0.4 is 10.5 Å². The molecule has 2 rings (SSSR count). The highest BCUT2D eigenvalue weighted by atomic mass is 35.5. The third-order valence-electron chi connectivity index (χ3n) is 4.25. The molecule has 0 spiro atoms. The Hall–Kier alpha value is -2.62. The number of halogens is 1. The molecular formula is C20H26ClN3O5S. The topological polar surface area (TPSA) is 123 Å².